The van der Waals surface area contributed by atoms with E-state index in [1.807, 2.05) is 25.1 Å². The highest BCUT2D eigenvalue weighted by atomic mass is 79.9. The van der Waals surface area contributed by atoms with Crippen LogP contribution in [0.1, 0.15) is 5.56 Å². The third-order valence-electron chi connectivity index (χ3n) is 2.30. The van der Waals surface area contributed by atoms with Crippen LogP contribution < -0.4 is 5.73 Å². The minimum absolute atomic E-state index is 0.866. The zero-order valence-corrected chi connectivity index (χ0v) is 8.93. The van der Waals surface area contributed by atoms with Gasteiger partial charge in [-0.15, -0.1) is 0 Å². The molecule has 2 aromatic carbocycles. The summed E-state index contributed by atoms with van der Waals surface area (Å²) in [5.41, 5.74) is 7.96. The second-order valence-electron chi connectivity index (χ2n) is 3.12. The summed E-state index contributed by atoms with van der Waals surface area (Å²) in [5.74, 6) is 0. The Labute approximate surface area is 85.7 Å². The van der Waals surface area contributed by atoms with E-state index in [1.54, 1.807) is 0 Å². The fourth-order valence-corrected chi connectivity index (χ4v) is 1.90. The van der Waals surface area contributed by atoms with E-state index in [0.29, 0.717) is 0 Å². The van der Waals surface area contributed by atoms with Crippen molar-refractivity contribution in [3.05, 3.63) is 40.4 Å². The molecule has 0 saturated carbocycles. The smallest absolute Gasteiger partial charge is 0.0434 e. The van der Waals surface area contributed by atoms with Crippen LogP contribution in [0.15, 0.2) is 34.8 Å². The molecule has 0 aliphatic heterocycles. The van der Waals surface area contributed by atoms with Gasteiger partial charge in [0.1, 0.15) is 0 Å². The van der Waals surface area contributed by atoms with Crippen molar-refractivity contribution in [3.63, 3.8) is 0 Å². The zero-order chi connectivity index (χ0) is 9.42. The van der Waals surface area contributed by atoms with E-state index >= 15 is 0 Å². The highest BCUT2D eigenvalue weighted by molar-refractivity contribution is 9.10. The Morgan fingerprint density at radius 1 is 1.23 bits per heavy atom. The van der Waals surface area contributed by atoms with Gasteiger partial charge in [-0.05, 0) is 23.9 Å². The topological polar surface area (TPSA) is 26.0 Å². The van der Waals surface area contributed by atoms with Crippen LogP contribution in [-0.2, 0) is 0 Å². The minimum atomic E-state index is 0.866. The highest BCUT2D eigenvalue weighted by Gasteiger charge is 2.03. The Bertz CT molecular complexity index is 463. The van der Waals surface area contributed by atoms with Gasteiger partial charge < -0.3 is 5.73 Å². The maximum Gasteiger partial charge on any atom is 0.0434 e. The Hall–Kier alpha value is -1.02. The van der Waals surface area contributed by atoms with E-state index in [4.69, 9.17) is 5.73 Å². The lowest BCUT2D eigenvalue weighted by Gasteiger charge is -2.07. The fraction of sp³-hybridized carbons (Fsp3) is 0.0909. The third kappa shape index (κ3) is 1.31. The van der Waals surface area contributed by atoms with Crippen LogP contribution in [0.2, 0.25) is 0 Å². The van der Waals surface area contributed by atoms with Gasteiger partial charge in [-0.25, -0.2) is 0 Å². The van der Waals surface area contributed by atoms with Crippen molar-refractivity contribution in [2.75, 3.05) is 5.73 Å². The van der Waals surface area contributed by atoms with E-state index in [9.17, 15) is 0 Å². The molecular weight excluding hydrogens is 226 g/mol. The first-order chi connectivity index (χ1) is 6.20. The molecule has 0 fully saturated rings. The number of hydrogen-bond donors (Lipinski definition) is 1. The molecule has 0 saturated heterocycles. The number of nitrogens with two attached hydrogens (primary N) is 1. The number of fused-ring (bicyclic) bond motifs is 1. The van der Waals surface area contributed by atoms with Crippen LogP contribution in [0, 0.1) is 6.92 Å². The molecule has 0 amide bonds. The van der Waals surface area contributed by atoms with E-state index in [-0.39, 0.29) is 0 Å². The van der Waals surface area contributed by atoms with Crippen LogP contribution in [-0.4, -0.2) is 0 Å². The molecule has 2 aromatic rings. The van der Waals surface area contributed by atoms with Crippen molar-refractivity contribution in [2.24, 2.45) is 0 Å². The van der Waals surface area contributed by atoms with Crippen LogP contribution in [0.3, 0.4) is 0 Å². The molecule has 0 aliphatic rings. The first-order valence-electron chi connectivity index (χ1n) is 4.13. The van der Waals surface area contributed by atoms with Gasteiger partial charge >= 0.3 is 0 Å². The lowest BCUT2D eigenvalue weighted by molar-refractivity contribution is 1.46. The largest absolute Gasteiger partial charge is 0.398 e. The predicted octanol–water partition coefficient (Wildman–Crippen LogP) is 3.49. The van der Waals surface area contributed by atoms with E-state index in [0.717, 1.165) is 21.1 Å². The molecule has 0 heterocycles. The maximum absolute atomic E-state index is 5.99. The van der Waals surface area contributed by atoms with E-state index in [1.165, 1.54) is 5.39 Å². The van der Waals surface area contributed by atoms with Gasteiger partial charge in [0.25, 0.3) is 0 Å². The molecule has 0 unspecified atom stereocenters. The van der Waals surface area contributed by atoms with Gasteiger partial charge in [0.2, 0.25) is 0 Å². The summed E-state index contributed by atoms with van der Waals surface area (Å²) in [6, 6.07) is 10.2. The lowest BCUT2D eigenvalue weighted by atomic mass is 10.1. The molecule has 2 rings (SSSR count). The molecule has 1 nitrogen and oxygen atoms in total. The summed E-state index contributed by atoms with van der Waals surface area (Å²) in [5, 5.41) is 2.31. The molecule has 2 heteroatoms. The minimum Gasteiger partial charge on any atom is -0.398 e. The number of nitrogen functional groups attached to an aromatic ring is 1. The van der Waals surface area contributed by atoms with Crippen LogP contribution >= 0.6 is 15.9 Å². The van der Waals surface area contributed by atoms with Gasteiger partial charge in [0, 0.05) is 15.5 Å². The quantitative estimate of drug-likeness (QED) is 0.696. The SMILES string of the molecule is Cc1c(Br)cc2ccccc2c1N. The normalized spacial score (nSPS) is 10.6. The number of halogens is 1. The Kier molecular flexibility index (Phi) is 2.00. The second kappa shape index (κ2) is 3.04. The fourth-order valence-electron chi connectivity index (χ4n) is 1.44. The highest BCUT2D eigenvalue weighted by Crippen LogP contribution is 2.30. The van der Waals surface area contributed by atoms with Crippen LogP contribution in [0.5, 0.6) is 0 Å². The first-order valence-corrected chi connectivity index (χ1v) is 4.93. The first kappa shape index (κ1) is 8.57. The molecule has 0 aliphatic carbocycles. The van der Waals surface area contributed by atoms with Crippen molar-refractivity contribution in [2.45, 2.75) is 6.92 Å². The van der Waals surface area contributed by atoms with Gasteiger partial charge in [-0.2, -0.15) is 0 Å². The van der Waals surface area contributed by atoms with Gasteiger partial charge in [-0.3, -0.25) is 0 Å². The van der Waals surface area contributed by atoms with Crippen molar-refractivity contribution < 1.29 is 0 Å². The number of anilines is 1. The number of hydrogen-bond acceptors (Lipinski definition) is 1. The van der Waals surface area contributed by atoms with Gasteiger partial charge in [0.15, 0.2) is 0 Å². The molecule has 0 spiro atoms. The zero-order valence-electron chi connectivity index (χ0n) is 7.34. The molecule has 0 radical (unpaired) electrons. The molecule has 66 valence electrons. The second-order valence-corrected chi connectivity index (χ2v) is 3.97. The summed E-state index contributed by atoms with van der Waals surface area (Å²) < 4.78 is 1.07. The molecular formula is C11H10BrN. The molecule has 0 bridgehead atoms. The third-order valence-corrected chi connectivity index (χ3v) is 3.12. The predicted molar refractivity (Wildman–Crippen MR) is 60.8 cm³/mol. The van der Waals surface area contributed by atoms with Crippen LogP contribution in [0.25, 0.3) is 10.8 Å². The van der Waals surface area contributed by atoms with Gasteiger partial charge in [0.05, 0.1) is 0 Å². The average molecular weight is 236 g/mol. The number of rotatable bonds is 0. The molecule has 13 heavy (non-hydrogen) atoms. The molecule has 0 aromatic heterocycles. The average Bonchev–Trinajstić information content (AvgIpc) is 2.15. The van der Waals surface area contributed by atoms with Crippen LogP contribution in [0.4, 0.5) is 5.69 Å². The lowest BCUT2D eigenvalue weighted by Crippen LogP contribution is -1.92. The molecule has 0 atom stereocenters. The van der Waals surface area contributed by atoms with Crippen molar-refractivity contribution in [1.29, 1.82) is 0 Å². The maximum atomic E-state index is 5.99. The Balaban J connectivity index is 2.94. The summed E-state index contributed by atoms with van der Waals surface area (Å²) in [7, 11) is 0. The summed E-state index contributed by atoms with van der Waals surface area (Å²) >= 11 is 3.49. The van der Waals surface area contributed by atoms with E-state index < -0.39 is 0 Å². The monoisotopic (exact) mass is 235 g/mol. The van der Waals surface area contributed by atoms with E-state index in [2.05, 4.69) is 28.1 Å². The Morgan fingerprint density at radius 2 is 1.92 bits per heavy atom. The Morgan fingerprint density at radius 3 is 2.69 bits per heavy atom. The standard InChI is InChI=1S/C11H10BrN/c1-7-10(12)6-8-4-2-3-5-9(8)11(7)13/h2-6H,13H2,1H3. The van der Waals surface area contributed by atoms with Crippen molar-refractivity contribution in [1.82, 2.24) is 0 Å². The van der Waals surface area contributed by atoms with Gasteiger partial charge in [-0.1, -0.05) is 40.2 Å². The van der Waals surface area contributed by atoms with Crippen molar-refractivity contribution in [3.8, 4) is 0 Å². The summed E-state index contributed by atoms with van der Waals surface area (Å²) in [6.45, 7) is 2.02. The summed E-state index contributed by atoms with van der Waals surface area (Å²) in [4.78, 5) is 0. The summed E-state index contributed by atoms with van der Waals surface area (Å²) in [6.07, 6.45) is 0. The number of benzene rings is 2. The molecule has 2 N–H and O–H groups in total. The van der Waals surface area contributed by atoms with Crippen molar-refractivity contribution >= 4 is 32.4 Å².